The van der Waals surface area contributed by atoms with Crippen molar-refractivity contribution < 1.29 is 89.3 Å². The van der Waals surface area contributed by atoms with Crippen LogP contribution in [-0.4, -0.2) is 207 Å². The van der Waals surface area contributed by atoms with Gasteiger partial charge < -0.3 is 93.3 Å². The summed E-state index contributed by atoms with van der Waals surface area (Å²) in [5.74, 6) is -5.21. The molecule has 4 rings (SSSR count). The predicted molar refractivity (Wildman–Crippen MR) is 256 cm³/mol. The Bertz CT molecular complexity index is 1890. The molecule has 6 amide bonds. The molecule has 0 aromatic heterocycles. The number of thioether (sulfide) groups is 2. The second kappa shape index (κ2) is 28.8. The third-order valence-electron chi connectivity index (χ3n) is 10.8. The topological polar surface area (TPSA) is 423 Å². The van der Waals surface area contributed by atoms with Crippen molar-refractivity contribution in [1.29, 1.82) is 0 Å². The molecule has 0 bridgehead atoms. The normalized spacial score (nSPS) is 26.2. The summed E-state index contributed by atoms with van der Waals surface area (Å²) in [6, 6.07) is 6.35. The van der Waals surface area contributed by atoms with Gasteiger partial charge in [-0.1, -0.05) is 45.9 Å². The third kappa shape index (κ3) is 17.9. The van der Waals surface area contributed by atoms with Crippen molar-refractivity contribution in [2.24, 2.45) is 11.5 Å². The van der Waals surface area contributed by atoms with Gasteiger partial charge in [0.2, 0.25) is 35.4 Å². The summed E-state index contributed by atoms with van der Waals surface area (Å²) >= 11 is 1.86. The van der Waals surface area contributed by atoms with E-state index in [-0.39, 0.29) is 60.2 Å². The smallest absolute Gasteiger partial charge is 0.243 e. The quantitative estimate of drug-likeness (QED) is 0.0294. The van der Waals surface area contributed by atoms with E-state index in [4.69, 9.17) is 20.9 Å². The molecule has 2 heterocycles. The minimum Gasteiger partial charge on any atom is -0.508 e. The third-order valence-corrected chi connectivity index (χ3v) is 15.6. The number of nitrogens with one attached hydrogen (secondary N) is 4. The summed E-state index contributed by atoms with van der Waals surface area (Å²) in [5, 5.41) is 110. The van der Waals surface area contributed by atoms with E-state index in [1.165, 1.54) is 48.5 Å². The van der Waals surface area contributed by atoms with E-state index in [2.05, 4.69) is 21.3 Å². The van der Waals surface area contributed by atoms with Crippen LogP contribution in [0.15, 0.2) is 48.5 Å². The van der Waals surface area contributed by atoms with Gasteiger partial charge in [0.1, 0.15) is 95.4 Å². The van der Waals surface area contributed by atoms with Crippen molar-refractivity contribution in [2.75, 3.05) is 36.2 Å². The van der Waals surface area contributed by atoms with Crippen molar-refractivity contribution in [2.45, 2.75) is 110 Å². The lowest BCUT2D eigenvalue weighted by molar-refractivity contribution is -0.205. The number of aromatic hydroxyl groups is 2. The van der Waals surface area contributed by atoms with Gasteiger partial charge in [-0.3, -0.25) is 28.8 Å². The number of rotatable bonds is 27. The fraction of sp³-hybridized carbons (Fsp3) is 0.571. The van der Waals surface area contributed by atoms with Gasteiger partial charge in [0.05, 0.1) is 13.2 Å². The molecule has 2 aliphatic heterocycles. The van der Waals surface area contributed by atoms with Crippen LogP contribution < -0.4 is 32.7 Å². The highest BCUT2D eigenvalue weighted by atomic mass is 33.1. The second-order valence-electron chi connectivity index (χ2n) is 16.1. The number of aliphatic hydroxyl groups excluding tert-OH is 8. The first kappa shape index (κ1) is 58.4. The second-order valence-corrected chi connectivity index (χ2v) is 21.1. The number of ether oxygens (including phenoxy) is 2. The Kier molecular flexibility index (Phi) is 24.0. The van der Waals surface area contributed by atoms with E-state index in [0.717, 1.165) is 45.1 Å². The molecule has 0 radical (unpaired) electrons. The molecule has 2 saturated heterocycles. The Morgan fingerprint density at radius 3 is 1.17 bits per heavy atom. The van der Waals surface area contributed by atoms with E-state index >= 15 is 0 Å². The first-order valence-electron chi connectivity index (χ1n) is 21.6. The monoisotopic (exact) mass is 1060 g/mol. The van der Waals surface area contributed by atoms with Crippen LogP contribution in [-0.2, 0) is 51.1 Å². The largest absolute Gasteiger partial charge is 0.508 e. The number of primary amides is 2. The number of phenols is 2. The Hall–Kier alpha value is -4.14. The molecule has 28 heteroatoms. The Labute approximate surface area is 417 Å². The van der Waals surface area contributed by atoms with E-state index in [1.54, 1.807) is 0 Å². The maximum absolute atomic E-state index is 13.7. The van der Waals surface area contributed by atoms with Gasteiger partial charge in [0, 0.05) is 48.7 Å². The van der Waals surface area contributed by atoms with Gasteiger partial charge in [-0.05, 0) is 35.4 Å². The number of phenolic OH excluding ortho intramolecular Hbond substituents is 2. The average Bonchev–Trinajstić information content (AvgIpc) is 3.32. The average molecular weight is 1070 g/mol. The molecule has 18 N–H and O–H groups in total. The maximum atomic E-state index is 13.7. The van der Waals surface area contributed by atoms with Gasteiger partial charge in [0.15, 0.2) is 0 Å². The zero-order valence-electron chi connectivity index (χ0n) is 37.3. The molecular weight excluding hydrogens is 1000 g/mol. The van der Waals surface area contributed by atoms with Crippen LogP contribution in [0.25, 0.3) is 0 Å². The standard InChI is InChI=1S/C42H60N6O18S4/c43-37(61)25(47-39(63)23(13-19-1-5-21(51)6-2-19)45-29(53)9-11-67-41-35(59)33(57)31(55)27(15-49)65-41)17-69-70-18-26(38(44)62)48-40(64)24(14-20-3-7-22(52)8-4-20)46-30(54)10-12-68-42-36(60)34(58)32(56)28(16-50)66-42/h1-8,23-28,31-36,41-42,49-52,55-60H,9-18H2,(H2,43,61)(H2,44,62)(H,45,53)(H,46,54)(H,47,63)(H,48,64)/t23-,24-,25-,26-,27+,28+,31+,32+,33-,34-,35-,36-,41+,42+/m0/s1. The molecule has 2 aromatic rings. The number of carbonyl (C=O) groups excluding carboxylic acids is 6. The van der Waals surface area contributed by atoms with Gasteiger partial charge in [-0.2, -0.15) is 0 Å². The zero-order valence-corrected chi connectivity index (χ0v) is 40.6. The Balaban J connectivity index is 1.33. The van der Waals surface area contributed by atoms with E-state index in [1.807, 2.05) is 0 Å². The summed E-state index contributed by atoms with van der Waals surface area (Å²) in [6.45, 7) is -1.27. The van der Waals surface area contributed by atoms with Crippen LogP contribution >= 0.6 is 45.1 Å². The molecule has 14 atom stereocenters. The highest BCUT2D eigenvalue weighted by Crippen LogP contribution is 2.30. The van der Waals surface area contributed by atoms with Crippen molar-refractivity contribution >= 4 is 80.6 Å². The van der Waals surface area contributed by atoms with Crippen molar-refractivity contribution in [3.05, 3.63) is 59.7 Å². The molecule has 24 nitrogen and oxygen atoms in total. The van der Waals surface area contributed by atoms with Crippen LogP contribution in [0, 0.1) is 0 Å². The van der Waals surface area contributed by atoms with E-state index < -0.39 is 133 Å². The molecule has 0 unspecified atom stereocenters. The summed E-state index contributed by atoms with van der Waals surface area (Å²) in [4.78, 5) is 78.7. The van der Waals surface area contributed by atoms with Crippen LogP contribution in [0.5, 0.6) is 11.5 Å². The summed E-state index contributed by atoms with van der Waals surface area (Å²) in [5.41, 5.74) is 10.1. The van der Waals surface area contributed by atoms with E-state index in [0.29, 0.717) is 11.1 Å². The Morgan fingerprint density at radius 1 is 0.514 bits per heavy atom. The van der Waals surface area contributed by atoms with Crippen molar-refractivity contribution in [3.8, 4) is 11.5 Å². The van der Waals surface area contributed by atoms with Crippen LogP contribution in [0.3, 0.4) is 0 Å². The molecule has 0 saturated carbocycles. The van der Waals surface area contributed by atoms with Crippen LogP contribution in [0.1, 0.15) is 24.0 Å². The first-order valence-corrected chi connectivity index (χ1v) is 26.2. The van der Waals surface area contributed by atoms with Crippen LogP contribution in [0.2, 0.25) is 0 Å². The molecule has 0 aliphatic carbocycles. The zero-order chi connectivity index (χ0) is 51.7. The van der Waals surface area contributed by atoms with Gasteiger partial charge in [0.25, 0.3) is 0 Å². The van der Waals surface area contributed by atoms with Crippen molar-refractivity contribution in [1.82, 2.24) is 21.3 Å². The fourth-order valence-corrected chi connectivity index (χ4v) is 11.4. The lowest BCUT2D eigenvalue weighted by atomic mass is 10.0. The van der Waals surface area contributed by atoms with Crippen LogP contribution in [0.4, 0.5) is 0 Å². The predicted octanol–water partition coefficient (Wildman–Crippen LogP) is -4.98. The minimum absolute atomic E-state index is 0.0106. The number of amides is 6. The number of nitrogens with two attached hydrogens (primary N) is 2. The lowest BCUT2D eigenvalue weighted by Crippen LogP contribution is -2.57. The lowest BCUT2D eigenvalue weighted by Gasteiger charge is -2.39. The fourth-order valence-electron chi connectivity index (χ4n) is 6.80. The molecule has 2 aliphatic rings. The van der Waals surface area contributed by atoms with E-state index in [9.17, 15) is 79.8 Å². The highest BCUT2D eigenvalue weighted by molar-refractivity contribution is 8.76. The molecule has 390 valence electrons. The SMILES string of the molecule is NC(=O)[C@H](CSSC[C@H](NC(=O)[C@H](Cc1ccc(O)cc1)NC(=O)CCS[C@H]1O[C@H](CO)[C@@H](O)[C@H](O)[C@@H]1O)C(N)=O)NC(=O)[C@H](Cc1ccc(O)cc1)NC(=O)CCS[C@H]1O[C@H](CO)[C@@H](O)[C@H](O)[C@@H]1O. The summed E-state index contributed by atoms with van der Waals surface area (Å²) in [7, 11) is 1.97. The number of hydrogen-bond acceptors (Lipinski definition) is 22. The van der Waals surface area contributed by atoms with Gasteiger partial charge in [-0.15, -0.1) is 23.5 Å². The molecule has 2 fully saturated rings. The van der Waals surface area contributed by atoms with Gasteiger partial charge in [-0.25, -0.2) is 0 Å². The minimum atomic E-state index is -1.61. The highest BCUT2D eigenvalue weighted by Gasteiger charge is 2.45. The van der Waals surface area contributed by atoms with Crippen molar-refractivity contribution in [3.63, 3.8) is 0 Å². The maximum Gasteiger partial charge on any atom is 0.243 e. The summed E-state index contributed by atoms with van der Waals surface area (Å²) < 4.78 is 10.9. The number of benzene rings is 2. The first-order chi connectivity index (χ1) is 33.2. The number of hydrogen-bond donors (Lipinski definition) is 16. The van der Waals surface area contributed by atoms with Gasteiger partial charge >= 0.3 is 0 Å². The molecular formula is C42H60N6O18S4. The molecule has 70 heavy (non-hydrogen) atoms. The Morgan fingerprint density at radius 2 is 0.857 bits per heavy atom. The summed E-state index contributed by atoms with van der Waals surface area (Å²) in [6.07, 6.45) is -12.3. The number of aliphatic hydroxyl groups is 8. The molecule has 0 spiro atoms. The number of carbonyl (C=O) groups is 6. The molecule has 2 aromatic carbocycles.